The number of hydrogen-bond donors (Lipinski definition) is 3. The second-order valence-electron chi connectivity index (χ2n) is 8.00. The van der Waals surface area contributed by atoms with E-state index in [9.17, 15) is 9.90 Å². The molecule has 0 saturated carbocycles. The van der Waals surface area contributed by atoms with Gasteiger partial charge in [0.05, 0.1) is 29.2 Å². The summed E-state index contributed by atoms with van der Waals surface area (Å²) in [5, 5.41) is 19.6. The maximum absolute atomic E-state index is 11.6. The van der Waals surface area contributed by atoms with Crippen molar-refractivity contribution in [3.05, 3.63) is 35.9 Å². The normalized spacial score (nSPS) is 17.0. The van der Waals surface area contributed by atoms with Gasteiger partial charge in [0.2, 0.25) is 0 Å². The number of nitrogens with one attached hydrogen (secondary N) is 2. The van der Waals surface area contributed by atoms with Gasteiger partial charge in [0.25, 0.3) is 0 Å². The van der Waals surface area contributed by atoms with Crippen LogP contribution in [0.4, 0.5) is 0 Å². The summed E-state index contributed by atoms with van der Waals surface area (Å²) in [6.07, 6.45) is 14.3. The van der Waals surface area contributed by atoms with Crippen molar-refractivity contribution in [3.8, 4) is 0 Å². The predicted octanol–water partition coefficient (Wildman–Crippen LogP) is 4.50. The molecule has 2 rings (SSSR count). The van der Waals surface area contributed by atoms with Gasteiger partial charge in [0, 0.05) is 26.5 Å². The second-order valence-corrected chi connectivity index (χ2v) is 8.00. The molecule has 0 radical (unpaired) electrons. The van der Waals surface area contributed by atoms with Crippen molar-refractivity contribution in [1.29, 1.82) is 0 Å². The van der Waals surface area contributed by atoms with E-state index in [1.54, 1.807) is 6.20 Å². The first kappa shape index (κ1) is 24.0. The number of hydrogen-bond acceptors (Lipinski definition) is 5. The van der Waals surface area contributed by atoms with Crippen molar-refractivity contribution >= 4 is 11.7 Å². The summed E-state index contributed by atoms with van der Waals surface area (Å²) < 4.78 is 11.1. The fourth-order valence-corrected chi connectivity index (χ4v) is 3.80. The third kappa shape index (κ3) is 7.86. The first-order chi connectivity index (χ1) is 14.6. The first-order valence-corrected chi connectivity index (χ1v) is 11.1. The van der Waals surface area contributed by atoms with Crippen LogP contribution >= 0.6 is 0 Å². The molecule has 1 aliphatic rings. The van der Waals surface area contributed by atoms with Crippen LogP contribution in [0, 0.1) is 5.41 Å². The van der Waals surface area contributed by atoms with E-state index in [4.69, 9.17) is 9.47 Å². The highest BCUT2D eigenvalue weighted by atomic mass is 16.5. The van der Waals surface area contributed by atoms with Gasteiger partial charge in [-0.25, -0.2) is 0 Å². The maximum Gasteiger partial charge on any atom is 0.309 e. The standard InChI is InChI=1S/C23H37N3O4/c1-19(9-10-20(24-2)21-11-15-25-26-21)30-16-8-6-4-3-5-7-12-23(22(27)28)13-17-29-18-14-23/h9-11,15,24H,3-8,12-14,16-18H2,1-2H3,(H,25,26)(H,27,28)/b19-9+,20-10-. The van der Waals surface area contributed by atoms with Gasteiger partial charge in [0.1, 0.15) is 0 Å². The molecule has 168 valence electrons. The molecular formula is C23H37N3O4. The van der Waals surface area contributed by atoms with Gasteiger partial charge in [0.15, 0.2) is 0 Å². The van der Waals surface area contributed by atoms with Crippen molar-refractivity contribution in [3.63, 3.8) is 0 Å². The Kier molecular flexibility index (Phi) is 10.5. The minimum Gasteiger partial charge on any atom is -0.498 e. The smallest absolute Gasteiger partial charge is 0.309 e. The summed E-state index contributed by atoms with van der Waals surface area (Å²) in [7, 11) is 1.88. The summed E-state index contributed by atoms with van der Waals surface area (Å²) in [5.74, 6) is 0.241. The molecule has 0 amide bonds. The van der Waals surface area contributed by atoms with Gasteiger partial charge in [-0.2, -0.15) is 5.10 Å². The Hall–Kier alpha value is -2.28. The zero-order chi connectivity index (χ0) is 21.7. The number of carboxylic acid groups (broad SMARTS) is 1. The molecule has 0 atom stereocenters. The third-order valence-electron chi connectivity index (χ3n) is 5.83. The highest BCUT2D eigenvalue weighted by Crippen LogP contribution is 2.36. The first-order valence-electron chi connectivity index (χ1n) is 11.1. The number of allylic oxidation sites excluding steroid dienone is 3. The number of unbranched alkanes of at least 4 members (excludes halogenated alkanes) is 5. The zero-order valence-corrected chi connectivity index (χ0v) is 18.4. The van der Waals surface area contributed by atoms with Crippen molar-refractivity contribution in [2.45, 2.75) is 64.7 Å². The predicted molar refractivity (Wildman–Crippen MR) is 118 cm³/mol. The Bertz CT molecular complexity index is 677. The van der Waals surface area contributed by atoms with Crippen LogP contribution in [0.1, 0.15) is 70.4 Å². The second kappa shape index (κ2) is 13.1. The van der Waals surface area contributed by atoms with Crippen molar-refractivity contribution < 1.29 is 19.4 Å². The van der Waals surface area contributed by atoms with E-state index in [1.165, 1.54) is 6.42 Å². The number of nitrogens with zero attached hydrogens (tertiary/aromatic N) is 1. The molecule has 2 heterocycles. The SMILES string of the molecule is CN/C(=C\C=C(/C)OCCCCCCCCC1(C(=O)O)CCOCC1)c1ccn[nH]1. The van der Waals surface area contributed by atoms with Gasteiger partial charge >= 0.3 is 5.97 Å². The molecule has 0 bridgehead atoms. The number of carbonyl (C=O) groups is 1. The highest BCUT2D eigenvalue weighted by Gasteiger charge is 2.39. The van der Waals surface area contributed by atoms with Crippen LogP contribution in [0.5, 0.6) is 0 Å². The minimum atomic E-state index is -0.646. The number of ether oxygens (including phenoxy) is 2. The lowest BCUT2D eigenvalue weighted by Gasteiger charge is -2.33. The van der Waals surface area contributed by atoms with Crippen LogP contribution in [-0.2, 0) is 14.3 Å². The Labute approximate surface area is 179 Å². The summed E-state index contributed by atoms with van der Waals surface area (Å²) >= 11 is 0. The lowest BCUT2D eigenvalue weighted by molar-refractivity contribution is -0.155. The van der Waals surface area contributed by atoms with Gasteiger partial charge in [-0.15, -0.1) is 0 Å². The van der Waals surface area contributed by atoms with Crippen LogP contribution < -0.4 is 5.32 Å². The number of H-pyrrole nitrogens is 1. The minimum absolute atomic E-state index is 0.547. The Balaban J connectivity index is 1.54. The maximum atomic E-state index is 11.6. The number of aromatic nitrogens is 2. The van der Waals surface area contributed by atoms with E-state index in [2.05, 4.69) is 15.5 Å². The summed E-state index contributed by atoms with van der Waals surface area (Å²) in [5.41, 5.74) is 1.35. The van der Waals surface area contributed by atoms with Crippen molar-refractivity contribution in [1.82, 2.24) is 15.5 Å². The van der Waals surface area contributed by atoms with E-state index in [-0.39, 0.29) is 0 Å². The molecule has 0 spiro atoms. The molecule has 0 unspecified atom stereocenters. The monoisotopic (exact) mass is 419 g/mol. The fraction of sp³-hybridized carbons (Fsp3) is 0.652. The molecule has 30 heavy (non-hydrogen) atoms. The van der Waals surface area contributed by atoms with Crippen LogP contribution in [0.25, 0.3) is 5.70 Å². The van der Waals surface area contributed by atoms with Crippen LogP contribution in [-0.4, -0.2) is 48.1 Å². The summed E-state index contributed by atoms with van der Waals surface area (Å²) in [4.78, 5) is 11.6. The van der Waals surface area contributed by atoms with Gasteiger partial charge in [-0.1, -0.05) is 32.1 Å². The van der Waals surface area contributed by atoms with E-state index in [0.717, 1.165) is 62.3 Å². The number of rotatable bonds is 14. The molecule has 1 aromatic rings. The van der Waals surface area contributed by atoms with Gasteiger partial charge in [-0.3, -0.25) is 9.89 Å². The van der Waals surface area contributed by atoms with Gasteiger partial charge in [-0.05, 0) is 50.8 Å². The number of aromatic amines is 1. The Morgan fingerprint density at radius 3 is 2.57 bits per heavy atom. The topological polar surface area (TPSA) is 96.5 Å². The van der Waals surface area contributed by atoms with Crippen LogP contribution in [0.15, 0.2) is 30.2 Å². The molecule has 1 aliphatic heterocycles. The van der Waals surface area contributed by atoms with E-state index in [1.807, 2.05) is 32.2 Å². The van der Waals surface area contributed by atoms with Crippen molar-refractivity contribution in [2.75, 3.05) is 26.9 Å². The fourth-order valence-electron chi connectivity index (χ4n) is 3.80. The summed E-state index contributed by atoms with van der Waals surface area (Å²) in [6, 6.07) is 1.91. The van der Waals surface area contributed by atoms with Crippen molar-refractivity contribution in [2.24, 2.45) is 5.41 Å². The molecular weight excluding hydrogens is 382 g/mol. The molecule has 1 fully saturated rings. The van der Waals surface area contributed by atoms with E-state index >= 15 is 0 Å². The molecule has 7 heteroatoms. The molecule has 0 aliphatic carbocycles. The molecule has 3 N–H and O–H groups in total. The largest absolute Gasteiger partial charge is 0.498 e. The number of aliphatic carboxylic acids is 1. The summed E-state index contributed by atoms with van der Waals surface area (Å²) in [6.45, 7) is 3.84. The van der Waals surface area contributed by atoms with E-state index < -0.39 is 11.4 Å². The lowest BCUT2D eigenvalue weighted by atomic mass is 9.76. The molecule has 1 aromatic heterocycles. The molecule has 7 nitrogen and oxygen atoms in total. The third-order valence-corrected chi connectivity index (χ3v) is 5.83. The molecule has 0 aromatic carbocycles. The van der Waals surface area contributed by atoms with E-state index in [0.29, 0.717) is 26.1 Å². The lowest BCUT2D eigenvalue weighted by Crippen LogP contribution is -2.37. The Morgan fingerprint density at radius 1 is 1.23 bits per heavy atom. The van der Waals surface area contributed by atoms with Crippen LogP contribution in [0.2, 0.25) is 0 Å². The number of carboxylic acids is 1. The average molecular weight is 420 g/mol. The quantitative estimate of drug-likeness (QED) is 0.233. The zero-order valence-electron chi connectivity index (χ0n) is 18.4. The Morgan fingerprint density at radius 2 is 1.93 bits per heavy atom. The average Bonchev–Trinajstić information content (AvgIpc) is 3.28. The van der Waals surface area contributed by atoms with Crippen LogP contribution in [0.3, 0.4) is 0 Å². The molecule has 1 saturated heterocycles. The van der Waals surface area contributed by atoms with Gasteiger partial charge < -0.3 is 19.9 Å². The highest BCUT2D eigenvalue weighted by molar-refractivity contribution is 5.74.